The second-order valence-electron chi connectivity index (χ2n) is 3.06. The largest absolute Gasteiger partial charge is 0.365 e. The van der Waals surface area contributed by atoms with E-state index in [1.165, 1.54) is 12.3 Å². The van der Waals surface area contributed by atoms with E-state index >= 15 is 0 Å². The summed E-state index contributed by atoms with van der Waals surface area (Å²) in [7, 11) is 0. The summed E-state index contributed by atoms with van der Waals surface area (Å²) >= 11 is 1.63. The SMILES string of the molecule is Cc1ncc(CNc2ccc(F)cn2)s1. The van der Waals surface area contributed by atoms with Crippen molar-refractivity contribution >= 4 is 17.2 Å². The van der Waals surface area contributed by atoms with E-state index in [1.54, 1.807) is 17.4 Å². The van der Waals surface area contributed by atoms with Crippen LogP contribution >= 0.6 is 11.3 Å². The Morgan fingerprint density at radius 2 is 2.20 bits per heavy atom. The Morgan fingerprint density at radius 1 is 1.33 bits per heavy atom. The lowest BCUT2D eigenvalue weighted by molar-refractivity contribution is 0.621. The van der Waals surface area contributed by atoms with Crippen molar-refractivity contribution in [3.8, 4) is 0 Å². The zero-order chi connectivity index (χ0) is 10.7. The molecule has 78 valence electrons. The lowest BCUT2D eigenvalue weighted by Gasteiger charge is -2.02. The number of nitrogens with zero attached hydrogens (tertiary/aromatic N) is 2. The van der Waals surface area contributed by atoms with Crippen molar-refractivity contribution in [1.29, 1.82) is 0 Å². The maximum atomic E-state index is 12.6. The van der Waals surface area contributed by atoms with Gasteiger partial charge in [0.1, 0.15) is 11.6 Å². The molecule has 1 N–H and O–H groups in total. The second-order valence-corrected chi connectivity index (χ2v) is 4.38. The maximum absolute atomic E-state index is 12.6. The monoisotopic (exact) mass is 223 g/mol. The summed E-state index contributed by atoms with van der Waals surface area (Å²) in [6.07, 6.45) is 3.02. The van der Waals surface area contributed by atoms with Crippen LogP contribution in [0.1, 0.15) is 9.88 Å². The molecule has 0 spiro atoms. The summed E-state index contributed by atoms with van der Waals surface area (Å²) in [6, 6.07) is 3.00. The van der Waals surface area contributed by atoms with Crippen LogP contribution in [-0.4, -0.2) is 9.97 Å². The highest BCUT2D eigenvalue weighted by molar-refractivity contribution is 7.11. The molecular formula is C10H10FN3S. The van der Waals surface area contributed by atoms with E-state index in [2.05, 4.69) is 15.3 Å². The van der Waals surface area contributed by atoms with Crippen molar-refractivity contribution in [2.45, 2.75) is 13.5 Å². The molecule has 0 unspecified atom stereocenters. The van der Waals surface area contributed by atoms with Gasteiger partial charge in [-0.15, -0.1) is 11.3 Å². The highest BCUT2D eigenvalue weighted by Crippen LogP contribution is 2.13. The fourth-order valence-corrected chi connectivity index (χ4v) is 1.88. The summed E-state index contributed by atoms with van der Waals surface area (Å²) < 4.78 is 12.6. The molecule has 0 atom stereocenters. The van der Waals surface area contributed by atoms with Crippen LogP contribution < -0.4 is 5.32 Å². The first-order chi connectivity index (χ1) is 7.24. The van der Waals surface area contributed by atoms with Gasteiger partial charge >= 0.3 is 0 Å². The number of thiazole rings is 1. The van der Waals surface area contributed by atoms with Crippen LogP contribution in [0.15, 0.2) is 24.5 Å². The Morgan fingerprint density at radius 3 is 2.80 bits per heavy atom. The molecule has 0 aliphatic carbocycles. The first kappa shape index (κ1) is 10.0. The first-order valence-electron chi connectivity index (χ1n) is 4.51. The molecule has 0 saturated heterocycles. The highest BCUT2D eigenvalue weighted by atomic mass is 32.1. The molecule has 15 heavy (non-hydrogen) atoms. The van der Waals surface area contributed by atoms with Crippen LogP contribution in [0.3, 0.4) is 0 Å². The third kappa shape index (κ3) is 2.73. The zero-order valence-electron chi connectivity index (χ0n) is 8.20. The molecule has 0 saturated carbocycles. The van der Waals surface area contributed by atoms with Crippen LogP contribution in [-0.2, 0) is 6.54 Å². The molecule has 0 amide bonds. The van der Waals surface area contributed by atoms with E-state index in [-0.39, 0.29) is 5.82 Å². The van der Waals surface area contributed by atoms with Gasteiger partial charge in [0.25, 0.3) is 0 Å². The molecule has 0 aliphatic heterocycles. The second kappa shape index (κ2) is 4.35. The summed E-state index contributed by atoms with van der Waals surface area (Å²) in [6.45, 7) is 2.63. The minimum Gasteiger partial charge on any atom is -0.365 e. The van der Waals surface area contributed by atoms with Gasteiger partial charge in [-0.3, -0.25) is 0 Å². The summed E-state index contributed by atoms with van der Waals surface area (Å²) in [4.78, 5) is 9.18. The lowest BCUT2D eigenvalue weighted by Crippen LogP contribution is -1.99. The number of nitrogens with one attached hydrogen (secondary N) is 1. The Bertz CT molecular complexity index is 438. The van der Waals surface area contributed by atoms with Crippen LogP contribution in [0.4, 0.5) is 10.2 Å². The van der Waals surface area contributed by atoms with Crippen LogP contribution in [0, 0.1) is 12.7 Å². The molecule has 0 aliphatic rings. The zero-order valence-corrected chi connectivity index (χ0v) is 9.01. The Kier molecular flexibility index (Phi) is 2.91. The lowest BCUT2D eigenvalue weighted by atomic mass is 10.4. The summed E-state index contributed by atoms with van der Waals surface area (Å²) in [5, 5.41) is 4.13. The third-order valence-corrected chi connectivity index (χ3v) is 2.75. The molecule has 0 aromatic carbocycles. The fourth-order valence-electron chi connectivity index (χ4n) is 1.15. The average molecular weight is 223 g/mol. The molecule has 0 fully saturated rings. The van der Waals surface area contributed by atoms with Gasteiger partial charge in [-0.25, -0.2) is 14.4 Å². The minimum absolute atomic E-state index is 0.325. The van der Waals surface area contributed by atoms with Gasteiger partial charge < -0.3 is 5.32 Å². The quantitative estimate of drug-likeness (QED) is 0.869. The highest BCUT2D eigenvalue weighted by Gasteiger charge is 1.98. The third-order valence-electron chi connectivity index (χ3n) is 1.84. The molecule has 5 heteroatoms. The molecule has 2 aromatic rings. The van der Waals surface area contributed by atoms with Gasteiger partial charge in [0.15, 0.2) is 0 Å². The molecule has 2 heterocycles. The van der Waals surface area contributed by atoms with E-state index < -0.39 is 0 Å². The molecule has 2 aromatic heterocycles. The molecule has 2 rings (SSSR count). The Labute approximate surface area is 91.0 Å². The topological polar surface area (TPSA) is 37.8 Å². The van der Waals surface area contributed by atoms with Crippen molar-refractivity contribution in [3.05, 3.63) is 40.2 Å². The number of rotatable bonds is 3. The number of anilines is 1. The molecular weight excluding hydrogens is 213 g/mol. The van der Waals surface area contributed by atoms with Crippen LogP contribution in [0.25, 0.3) is 0 Å². The van der Waals surface area contributed by atoms with E-state index in [1.807, 2.05) is 13.1 Å². The van der Waals surface area contributed by atoms with Gasteiger partial charge in [0.05, 0.1) is 17.7 Å². The maximum Gasteiger partial charge on any atom is 0.141 e. The predicted octanol–water partition coefficient (Wildman–Crippen LogP) is 2.60. The van der Waals surface area contributed by atoms with E-state index in [4.69, 9.17) is 0 Å². The molecule has 3 nitrogen and oxygen atoms in total. The van der Waals surface area contributed by atoms with Gasteiger partial charge in [-0.1, -0.05) is 0 Å². The van der Waals surface area contributed by atoms with E-state index in [0.29, 0.717) is 12.4 Å². The molecule has 0 radical (unpaired) electrons. The van der Waals surface area contributed by atoms with Crippen molar-refractivity contribution in [1.82, 2.24) is 9.97 Å². The van der Waals surface area contributed by atoms with Gasteiger partial charge in [0.2, 0.25) is 0 Å². The normalized spacial score (nSPS) is 10.3. The van der Waals surface area contributed by atoms with Gasteiger partial charge in [0, 0.05) is 11.1 Å². The number of pyridine rings is 1. The smallest absolute Gasteiger partial charge is 0.141 e. The molecule has 0 bridgehead atoms. The Balaban J connectivity index is 1.96. The number of aromatic nitrogens is 2. The number of aryl methyl sites for hydroxylation is 1. The van der Waals surface area contributed by atoms with Crippen molar-refractivity contribution in [3.63, 3.8) is 0 Å². The van der Waals surface area contributed by atoms with E-state index in [0.717, 1.165) is 9.88 Å². The van der Waals surface area contributed by atoms with Crippen LogP contribution in [0.5, 0.6) is 0 Å². The summed E-state index contributed by atoms with van der Waals surface area (Å²) in [5.74, 6) is 0.344. The standard InChI is InChI=1S/C10H10FN3S/c1-7-12-5-9(15-7)6-14-10-3-2-8(11)4-13-10/h2-5H,6H2,1H3,(H,13,14). The minimum atomic E-state index is -0.325. The fraction of sp³-hybridized carbons (Fsp3) is 0.200. The average Bonchev–Trinajstić information content (AvgIpc) is 2.64. The van der Waals surface area contributed by atoms with E-state index in [9.17, 15) is 4.39 Å². The van der Waals surface area contributed by atoms with Crippen molar-refractivity contribution in [2.75, 3.05) is 5.32 Å². The number of halogens is 1. The Hall–Kier alpha value is -1.49. The van der Waals surface area contributed by atoms with Crippen LogP contribution in [0.2, 0.25) is 0 Å². The van der Waals surface area contributed by atoms with Crippen molar-refractivity contribution in [2.24, 2.45) is 0 Å². The van der Waals surface area contributed by atoms with Crippen molar-refractivity contribution < 1.29 is 4.39 Å². The predicted molar refractivity (Wildman–Crippen MR) is 58.4 cm³/mol. The number of hydrogen-bond donors (Lipinski definition) is 1. The summed E-state index contributed by atoms with van der Waals surface area (Å²) in [5.41, 5.74) is 0. The number of hydrogen-bond acceptors (Lipinski definition) is 4. The first-order valence-corrected chi connectivity index (χ1v) is 5.32. The van der Waals surface area contributed by atoms with Gasteiger partial charge in [-0.2, -0.15) is 0 Å². The van der Waals surface area contributed by atoms with Gasteiger partial charge in [-0.05, 0) is 19.1 Å².